The summed E-state index contributed by atoms with van der Waals surface area (Å²) in [5.41, 5.74) is 2.37. The summed E-state index contributed by atoms with van der Waals surface area (Å²) >= 11 is 6.93. The average molecular weight is 344 g/mol. The quantitative estimate of drug-likeness (QED) is 0.783. The van der Waals surface area contributed by atoms with E-state index in [1.807, 2.05) is 10.9 Å². The summed E-state index contributed by atoms with van der Waals surface area (Å²) in [4.78, 5) is 0. The molecule has 0 N–H and O–H groups in total. The zero-order chi connectivity index (χ0) is 11.7. The van der Waals surface area contributed by atoms with E-state index in [4.69, 9.17) is 0 Å². The highest BCUT2D eigenvalue weighted by Gasteiger charge is 2.05. The van der Waals surface area contributed by atoms with Crippen LogP contribution >= 0.6 is 31.9 Å². The van der Waals surface area contributed by atoms with Gasteiger partial charge in [-0.05, 0) is 45.6 Å². The zero-order valence-electron chi connectivity index (χ0n) is 9.11. The minimum Gasteiger partial charge on any atom is -0.240 e. The van der Waals surface area contributed by atoms with Crippen molar-refractivity contribution in [3.05, 3.63) is 45.1 Å². The van der Waals surface area contributed by atoms with Crippen molar-refractivity contribution in [2.24, 2.45) is 0 Å². The Kier molecular flexibility index (Phi) is 3.50. The van der Waals surface area contributed by atoms with Gasteiger partial charge in [0.25, 0.3) is 0 Å². The Morgan fingerprint density at radius 1 is 1.12 bits per heavy atom. The average Bonchev–Trinajstić information content (AvgIpc) is 2.64. The third-order valence-corrected chi connectivity index (χ3v) is 3.25. The predicted molar refractivity (Wildman–Crippen MR) is 73.1 cm³/mol. The Balaban J connectivity index is 2.49. The van der Waals surface area contributed by atoms with E-state index in [1.54, 1.807) is 6.20 Å². The van der Waals surface area contributed by atoms with Crippen LogP contribution in [-0.2, 0) is 0 Å². The first-order valence-electron chi connectivity index (χ1n) is 5.07. The van der Waals surface area contributed by atoms with Crippen LogP contribution < -0.4 is 0 Å². The predicted octanol–water partition coefficient (Wildman–Crippen LogP) is 4.52. The van der Waals surface area contributed by atoms with Gasteiger partial charge in [0.1, 0.15) is 0 Å². The molecule has 4 heteroatoms. The maximum Gasteiger partial charge on any atom is 0.0660 e. The second-order valence-electron chi connectivity index (χ2n) is 4.00. The van der Waals surface area contributed by atoms with Crippen LogP contribution in [0.2, 0.25) is 0 Å². The maximum absolute atomic E-state index is 4.28. The number of hydrogen-bond acceptors (Lipinski definition) is 1. The molecule has 0 radical (unpaired) electrons. The molecular weight excluding hydrogens is 332 g/mol. The van der Waals surface area contributed by atoms with Crippen molar-refractivity contribution >= 4 is 31.9 Å². The first-order chi connectivity index (χ1) is 7.56. The van der Waals surface area contributed by atoms with Gasteiger partial charge >= 0.3 is 0 Å². The SMILES string of the molecule is CC(C)c1cc(Br)cc(-n2cc(Br)cn2)c1. The molecule has 0 aliphatic rings. The number of aromatic nitrogens is 2. The van der Waals surface area contributed by atoms with E-state index in [1.165, 1.54) is 5.56 Å². The summed E-state index contributed by atoms with van der Waals surface area (Å²) in [6, 6.07) is 6.37. The topological polar surface area (TPSA) is 17.8 Å². The minimum atomic E-state index is 0.509. The monoisotopic (exact) mass is 342 g/mol. The molecule has 1 aromatic heterocycles. The van der Waals surface area contributed by atoms with E-state index < -0.39 is 0 Å². The van der Waals surface area contributed by atoms with Crippen molar-refractivity contribution in [1.82, 2.24) is 9.78 Å². The van der Waals surface area contributed by atoms with Gasteiger partial charge in [-0.25, -0.2) is 4.68 Å². The summed E-state index contributed by atoms with van der Waals surface area (Å²) in [6.45, 7) is 4.37. The van der Waals surface area contributed by atoms with E-state index in [0.29, 0.717) is 5.92 Å². The number of rotatable bonds is 2. The highest BCUT2D eigenvalue weighted by molar-refractivity contribution is 9.10. The Morgan fingerprint density at radius 2 is 1.88 bits per heavy atom. The highest BCUT2D eigenvalue weighted by Crippen LogP contribution is 2.24. The smallest absolute Gasteiger partial charge is 0.0660 e. The molecule has 16 heavy (non-hydrogen) atoms. The molecule has 0 aliphatic carbocycles. The van der Waals surface area contributed by atoms with Crippen LogP contribution in [0.3, 0.4) is 0 Å². The number of benzene rings is 1. The zero-order valence-corrected chi connectivity index (χ0v) is 12.3. The molecule has 0 saturated heterocycles. The van der Waals surface area contributed by atoms with Crippen molar-refractivity contribution in [1.29, 1.82) is 0 Å². The molecule has 0 aliphatic heterocycles. The summed E-state index contributed by atoms with van der Waals surface area (Å²) < 4.78 is 3.93. The van der Waals surface area contributed by atoms with Gasteiger partial charge in [-0.2, -0.15) is 5.10 Å². The van der Waals surface area contributed by atoms with E-state index in [0.717, 1.165) is 14.6 Å². The van der Waals surface area contributed by atoms with Crippen molar-refractivity contribution in [2.75, 3.05) is 0 Å². The van der Waals surface area contributed by atoms with Crippen molar-refractivity contribution < 1.29 is 0 Å². The van der Waals surface area contributed by atoms with Gasteiger partial charge in [0, 0.05) is 10.7 Å². The molecule has 0 bridgehead atoms. The number of hydrogen-bond donors (Lipinski definition) is 0. The standard InChI is InChI=1S/C12H12Br2N2/c1-8(2)9-3-10(13)5-12(4-9)16-7-11(14)6-15-16/h3-8H,1-2H3. The van der Waals surface area contributed by atoms with Crippen molar-refractivity contribution in [2.45, 2.75) is 19.8 Å². The van der Waals surface area contributed by atoms with Gasteiger partial charge in [-0.1, -0.05) is 29.8 Å². The lowest BCUT2D eigenvalue weighted by Crippen LogP contribution is -1.97. The van der Waals surface area contributed by atoms with Crippen molar-refractivity contribution in [3.8, 4) is 5.69 Å². The lowest BCUT2D eigenvalue weighted by molar-refractivity contribution is 0.843. The van der Waals surface area contributed by atoms with Gasteiger partial charge < -0.3 is 0 Å². The summed E-state index contributed by atoms with van der Waals surface area (Å²) in [5.74, 6) is 0.509. The number of nitrogens with zero attached hydrogens (tertiary/aromatic N) is 2. The van der Waals surface area contributed by atoms with Crippen LogP contribution in [0.4, 0.5) is 0 Å². The number of halogens is 2. The Bertz CT molecular complexity index is 503. The molecule has 0 atom stereocenters. The molecule has 2 nitrogen and oxygen atoms in total. The van der Waals surface area contributed by atoms with E-state index in [2.05, 4.69) is 69.0 Å². The summed E-state index contributed by atoms with van der Waals surface area (Å²) in [6.07, 6.45) is 3.74. The molecule has 2 rings (SSSR count). The molecule has 0 saturated carbocycles. The van der Waals surface area contributed by atoms with Crippen LogP contribution in [0.15, 0.2) is 39.5 Å². The van der Waals surface area contributed by atoms with E-state index in [-0.39, 0.29) is 0 Å². The molecule has 0 spiro atoms. The van der Waals surface area contributed by atoms with E-state index in [9.17, 15) is 0 Å². The first-order valence-corrected chi connectivity index (χ1v) is 6.66. The van der Waals surface area contributed by atoms with Gasteiger partial charge in [0.2, 0.25) is 0 Å². The lowest BCUT2D eigenvalue weighted by Gasteiger charge is -2.09. The van der Waals surface area contributed by atoms with E-state index >= 15 is 0 Å². The van der Waals surface area contributed by atoms with Gasteiger partial charge in [-0.15, -0.1) is 0 Å². The second-order valence-corrected chi connectivity index (χ2v) is 5.83. The fourth-order valence-corrected chi connectivity index (χ4v) is 2.29. The Hall–Kier alpha value is -0.610. The third kappa shape index (κ3) is 2.55. The molecule has 0 amide bonds. The summed E-state index contributed by atoms with van der Waals surface area (Å²) in [7, 11) is 0. The third-order valence-electron chi connectivity index (χ3n) is 2.39. The lowest BCUT2D eigenvalue weighted by atomic mass is 10.0. The van der Waals surface area contributed by atoms with Gasteiger partial charge in [-0.3, -0.25) is 0 Å². The molecule has 0 fully saturated rings. The first kappa shape index (κ1) is 11.9. The fourth-order valence-electron chi connectivity index (χ4n) is 1.50. The van der Waals surface area contributed by atoms with Gasteiger partial charge in [0.15, 0.2) is 0 Å². The van der Waals surface area contributed by atoms with Crippen LogP contribution in [0.1, 0.15) is 25.3 Å². The molecule has 2 aromatic rings. The Morgan fingerprint density at radius 3 is 2.44 bits per heavy atom. The highest BCUT2D eigenvalue weighted by atomic mass is 79.9. The molecular formula is C12H12Br2N2. The molecule has 0 unspecified atom stereocenters. The molecule has 84 valence electrons. The maximum atomic E-state index is 4.28. The molecule has 1 aromatic carbocycles. The largest absolute Gasteiger partial charge is 0.240 e. The normalized spacial score (nSPS) is 11.1. The van der Waals surface area contributed by atoms with Crippen LogP contribution in [-0.4, -0.2) is 9.78 Å². The Labute approximate surface area is 112 Å². The van der Waals surface area contributed by atoms with Crippen LogP contribution in [0, 0.1) is 0 Å². The van der Waals surface area contributed by atoms with Crippen LogP contribution in [0.25, 0.3) is 5.69 Å². The summed E-state index contributed by atoms with van der Waals surface area (Å²) in [5, 5.41) is 4.28. The van der Waals surface area contributed by atoms with Crippen LogP contribution in [0.5, 0.6) is 0 Å². The molecule has 1 heterocycles. The van der Waals surface area contributed by atoms with Crippen molar-refractivity contribution in [3.63, 3.8) is 0 Å². The fraction of sp³-hybridized carbons (Fsp3) is 0.250. The van der Waals surface area contributed by atoms with Gasteiger partial charge in [0.05, 0.1) is 16.4 Å². The minimum absolute atomic E-state index is 0.509. The second kappa shape index (κ2) is 4.72.